The second-order valence-corrected chi connectivity index (χ2v) is 7.55. The maximum atomic E-state index is 12.9. The second kappa shape index (κ2) is 8.99. The van der Waals surface area contributed by atoms with Gasteiger partial charge in [0.15, 0.2) is 0 Å². The Hall–Kier alpha value is -2.41. The van der Waals surface area contributed by atoms with Gasteiger partial charge in [0, 0.05) is 13.1 Å². The Morgan fingerprint density at radius 1 is 1.30 bits per heavy atom. The van der Waals surface area contributed by atoms with Gasteiger partial charge in [-0.05, 0) is 38.8 Å². The minimum atomic E-state index is -0.239. The van der Waals surface area contributed by atoms with Crippen molar-refractivity contribution in [3.05, 3.63) is 45.9 Å². The number of aromatic nitrogens is 1. The number of carbonyl (C=O) groups excluding carboxylic acids is 2. The number of piperidine rings is 1. The van der Waals surface area contributed by atoms with Crippen molar-refractivity contribution in [2.75, 3.05) is 19.7 Å². The van der Waals surface area contributed by atoms with E-state index in [9.17, 15) is 9.59 Å². The number of benzene rings is 1. The van der Waals surface area contributed by atoms with Crippen LogP contribution in [0.4, 0.5) is 0 Å². The average molecular weight is 388 g/mol. The fourth-order valence-electron chi connectivity index (χ4n) is 3.13. The topological polar surface area (TPSA) is 68.7 Å². The van der Waals surface area contributed by atoms with Crippen LogP contribution >= 0.6 is 11.3 Å². The van der Waals surface area contributed by atoms with E-state index in [1.165, 1.54) is 11.3 Å². The molecule has 0 bridgehead atoms. The van der Waals surface area contributed by atoms with Gasteiger partial charge in [-0.25, -0.2) is 4.98 Å². The molecule has 0 saturated carbocycles. The molecule has 1 aromatic carbocycles. The van der Waals surface area contributed by atoms with Crippen molar-refractivity contribution in [2.24, 2.45) is 5.92 Å². The molecule has 1 aromatic heterocycles. The Morgan fingerprint density at radius 2 is 2.07 bits per heavy atom. The number of aryl methyl sites for hydroxylation is 1. The summed E-state index contributed by atoms with van der Waals surface area (Å²) >= 11 is 1.36. The Kier molecular flexibility index (Phi) is 6.45. The molecular weight excluding hydrogens is 364 g/mol. The van der Waals surface area contributed by atoms with Crippen LogP contribution in [-0.4, -0.2) is 41.5 Å². The molecule has 27 heavy (non-hydrogen) atoms. The van der Waals surface area contributed by atoms with E-state index in [1.54, 1.807) is 11.8 Å². The lowest BCUT2D eigenvalue weighted by atomic mass is 9.98. The maximum Gasteiger partial charge on any atom is 0.310 e. The van der Waals surface area contributed by atoms with E-state index in [1.807, 2.05) is 37.3 Å². The normalized spacial score (nSPS) is 16.8. The summed E-state index contributed by atoms with van der Waals surface area (Å²) in [7, 11) is 0. The number of para-hydroxylation sites is 1. The molecule has 1 atom stereocenters. The zero-order valence-electron chi connectivity index (χ0n) is 15.6. The van der Waals surface area contributed by atoms with Crippen molar-refractivity contribution in [1.29, 1.82) is 0 Å². The molecule has 6 nitrogen and oxygen atoms in total. The quantitative estimate of drug-likeness (QED) is 0.709. The number of hydrogen-bond donors (Lipinski definition) is 0. The summed E-state index contributed by atoms with van der Waals surface area (Å²) in [6.45, 7) is 5.38. The maximum absolute atomic E-state index is 12.9. The monoisotopic (exact) mass is 388 g/mol. The van der Waals surface area contributed by atoms with Gasteiger partial charge in [0.1, 0.15) is 22.2 Å². The van der Waals surface area contributed by atoms with E-state index < -0.39 is 0 Å². The highest BCUT2D eigenvalue weighted by atomic mass is 32.1. The molecule has 1 unspecified atom stereocenters. The standard InChI is InChI=1S/C20H24N2O4S/c1-3-25-20(24)15-8-7-11-22(12-15)19(23)18-14(2)21-17(27-18)13-26-16-9-5-4-6-10-16/h4-6,9-10,15H,3,7-8,11-13H2,1-2H3. The molecule has 144 valence electrons. The molecule has 1 saturated heterocycles. The summed E-state index contributed by atoms with van der Waals surface area (Å²) in [4.78, 5) is 31.8. The van der Waals surface area contributed by atoms with E-state index in [2.05, 4.69) is 4.98 Å². The number of nitrogens with zero attached hydrogens (tertiary/aromatic N) is 2. The molecule has 1 fully saturated rings. The van der Waals surface area contributed by atoms with Crippen molar-refractivity contribution < 1.29 is 19.1 Å². The molecule has 1 amide bonds. The predicted octanol–water partition coefficient (Wildman–Crippen LogP) is 3.45. The average Bonchev–Trinajstić information content (AvgIpc) is 3.07. The van der Waals surface area contributed by atoms with Crippen LogP contribution in [0.15, 0.2) is 30.3 Å². The minimum absolute atomic E-state index is 0.0649. The van der Waals surface area contributed by atoms with Crippen molar-refractivity contribution in [3.63, 3.8) is 0 Å². The van der Waals surface area contributed by atoms with Crippen LogP contribution in [-0.2, 0) is 16.1 Å². The number of hydrogen-bond acceptors (Lipinski definition) is 6. The first-order chi connectivity index (χ1) is 13.1. The van der Waals surface area contributed by atoms with Crippen LogP contribution in [0.3, 0.4) is 0 Å². The molecule has 3 rings (SSSR count). The Morgan fingerprint density at radius 3 is 2.81 bits per heavy atom. The number of ether oxygens (including phenoxy) is 2. The zero-order valence-corrected chi connectivity index (χ0v) is 16.5. The van der Waals surface area contributed by atoms with Gasteiger partial charge in [-0.15, -0.1) is 11.3 Å². The van der Waals surface area contributed by atoms with Crippen LogP contribution in [0.2, 0.25) is 0 Å². The van der Waals surface area contributed by atoms with Gasteiger partial charge >= 0.3 is 5.97 Å². The van der Waals surface area contributed by atoms with Crippen molar-refractivity contribution in [2.45, 2.75) is 33.3 Å². The summed E-state index contributed by atoms with van der Waals surface area (Å²) in [5, 5.41) is 0.763. The Labute approximate surface area is 163 Å². The summed E-state index contributed by atoms with van der Waals surface area (Å²) < 4.78 is 10.8. The first-order valence-electron chi connectivity index (χ1n) is 9.18. The lowest BCUT2D eigenvalue weighted by Gasteiger charge is -2.31. The highest BCUT2D eigenvalue weighted by molar-refractivity contribution is 7.13. The van der Waals surface area contributed by atoms with Gasteiger partial charge in [0.2, 0.25) is 0 Å². The number of amides is 1. The molecule has 1 aliphatic rings. The van der Waals surface area contributed by atoms with Gasteiger partial charge in [0.25, 0.3) is 5.91 Å². The van der Waals surface area contributed by atoms with E-state index >= 15 is 0 Å². The number of carbonyl (C=O) groups is 2. The zero-order chi connectivity index (χ0) is 19.2. The molecule has 0 N–H and O–H groups in total. The molecule has 0 radical (unpaired) electrons. The smallest absolute Gasteiger partial charge is 0.310 e. The number of thiazole rings is 1. The molecule has 2 aromatic rings. The van der Waals surface area contributed by atoms with Crippen LogP contribution in [0.5, 0.6) is 5.75 Å². The second-order valence-electron chi connectivity index (χ2n) is 6.47. The highest BCUT2D eigenvalue weighted by Crippen LogP contribution is 2.25. The molecule has 2 heterocycles. The van der Waals surface area contributed by atoms with Crippen molar-refractivity contribution >= 4 is 23.2 Å². The van der Waals surface area contributed by atoms with Crippen LogP contribution in [0.1, 0.15) is 40.1 Å². The fourth-order valence-corrected chi connectivity index (χ4v) is 4.08. The largest absolute Gasteiger partial charge is 0.486 e. The third kappa shape index (κ3) is 4.86. The van der Waals surface area contributed by atoms with E-state index in [4.69, 9.17) is 9.47 Å². The third-order valence-corrected chi connectivity index (χ3v) is 5.59. The molecule has 0 aliphatic carbocycles. The highest BCUT2D eigenvalue weighted by Gasteiger charge is 2.31. The first kappa shape index (κ1) is 19.4. The lowest BCUT2D eigenvalue weighted by Crippen LogP contribution is -2.42. The van der Waals surface area contributed by atoms with E-state index in [0.29, 0.717) is 36.9 Å². The molecule has 7 heteroatoms. The van der Waals surface area contributed by atoms with Gasteiger partial charge in [0.05, 0.1) is 18.2 Å². The van der Waals surface area contributed by atoms with Gasteiger partial charge < -0.3 is 14.4 Å². The summed E-state index contributed by atoms with van der Waals surface area (Å²) in [6, 6.07) is 9.52. The van der Waals surface area contributed by atoms with Crippen LogP contribution in [0, 0.1) is 12.8 Å². The van der Waals surface area contributed by atoms with Crippen LogP contribution in [0.25, 0.3) is 0 Å². The van der Waals surface area contributed by atoms with Crippen LogP contribution < -0.4 is 4.74 Å². The number of rotatable bonds is 6. The SMILES string of the molecule is CCOC(=O)C1CCCN(C(=O)c2sc(COc3ccccc3)nc2C)C1. The van der Waals surface area contributed by atoms with Crippen molar-refractivity contribution in [1.82, 2.24) is 9.88 Å². The number of esters is 1. The Balaban J connectivity index is 1.64. The number of likely N-dealkylation sites (tertiary alicyclic amines) is 1. The molecule has 1 aliphatic heterocycles. The summed E-state index contributed by atoms with van der Waals surface area (Å²) in [6.07, 6.45) is 1.57. The summed E-state index contributed by atoms with van der Waals surface area (Å²) in [5.41, 5.74) is 0.704. The van der Waals surface area contributed by atoms with Crippen molar-refractivity contribution in [3.8, 4) is 5.75 Å². The fraction of sp³-hybridized carbons (Fsp3) is 0.450. The van der Waals surface area contributed by atoms with E-state index in [0.717, 1.165) is 23.6 Å². The Bertz CT molecular complexity index is 791. The van der Waals surface area contributed by atoms with Gasteiger partial charge in [-0.2, -0.15) is 0 Å². The van der Waals surface area contributed by atoms with E-state index in [-0.39, 0.29) is 17.8 Å². The third-order valence-electron chi connectivity index (χ3n) is 4.47. The summed E-state index contributed by atoms with van der Waals surface area (Å²) in [5.74, 6) is 0.251. The minimum Gasteiger partial charge on any atom is -0.486 e. The lowest BCUT2D eigenvalue weighted by molar-refractivity contribution is -0.149. The predicted molar refractivity (Wildman–Crippen MR) is 103 cm³/mol. The van der Waals surface area contributed by atoms with Gasteiger partial charge in [-0.1, -0.05) is 18.2 Å². The van der Waals surface area contributed by atoms with Gasteiger partial charge in [-0.3, -0.25) is 9.59 Å². The first-order valence-corrected chi connectivity index (χ1v) is 10.00. The molecular formula is C20H24N2O4S. The molecule has 0 spiro atoms.